The van der Waals surface area contributed by atoms with Gasteiger partial charge in [0.05, 0.1) is 11.1 Å². The molecule has 0 radical (unpaired) electrons. The maximum Gasteiger partial charge on any atom is 0.252 e. The van der Waals surface area contributed by atoms with E-state index in [2.05, 4.69) is 15.3 Å². The van der Waals surface area contributed by atoms with Gasteiger partial charge in [0, 0.05) is 35.6 Å². The molecular formula is C24H22FN3O2. The topological polar surface area (TPSA) is 78.0 Å². The van der Waals surface area contributed by atoms with E-state index in [1.165, 1.54) is 12.3 Å². The number of H-pyrrole nitrogens is 1. The monoisotopic (exact) mass is 403 g/mol. The number of nitrogens with one attached hydrogen (secondary N) is 2. The van der Waals surface area contributed by atoms with E-state index in [0.29, 0.717) is 24.0 Å². The number of aryl methyl sites for hydroxylation is 2. The zero-order chi connectivity index (χ0) is 21.3. The summed E-state index contributed by atoms with van der Waals surface area (Å²) in [5.41, 5.74) is 5.39. The lowest BCUT2D eigenvalue weighted by molar-refractivity contribution is 0.0954. The van der Waals surface area contributed by atoms with Crippen LogP contribution in [-0.2, 0) is 6.42 Å². The summed E-state index contributed by atoms with van der Waals surface area (Å²) in [5, 5.41) is 13.5. The number of nitrogens with zero attached hydrogens (tertiary/aromatic N) is 1. The Hall–Kier alpha value is -3.67. The van der Waals surface area contributed by atoms with Gasteiger partial charge in [0.15, 0.2) is 0 Å². The van der Waals surface area contributed by atoms with E-state index < -0.39 is 0 Å². The first-order valence-corrected chi connectivity index (χ1v) is 9.73. The van der Waals surface area contributed by atoms with E-state index in [9.17, 15) is 14.3 Å². The molecule has 4 rings (SSSR count). The largest absolute Gasteiger partial charge is 0.508 e. The molecule has 6 heteroatoms. The highest BCUT2D eigenvalue weighted by atomic mass is 19.1. The minimum Gasteiger partial charge on any atom is -0.508 e. The summed E-state index contributed by atoms with van der Waals surface area (Å²) in [6, 6.07) is 11.8. The molecule has 30 heavy (non-hydrogen) atoms. The number of amides is 1. The summed E-state index contributed by atoms with van der Waals surface area (Å²) in [4.78, 5) is 19.9. The minimum atomic E-state index is -0.274. The van der Waals surface area contributed by atoms with Crippen molar-refractivity contribution in [3.63, 3.8) is 0 Å². The van der Waals surface area contributed by atoms with Gasteiger partial charge in [-0.15, -0.1) is 0 Å². The number of hydrogen-bond acceptors (Lipinski definition) is 3. The molecule has 3 N–H and O–H groups in total. The Morgan fingerprint density at radius 3 is 2.77 bits per heavy atom. The summed E-state index contributed by atoms with van der Waals surface area (Å²) in [6.45, 7) is 4.29. The maximum absolute atomic E-state index is 14.1. The van der Waals surface area contributed by atoms with Crippen LogP contribution < -0.4 is 5.32 Å². The summed E-state index contributed by atoms with van der Waals surface area (Å²) in [5.74, 6) is -0.350. The van der Waals surface area contributed by atoms with Crippen molar-refractivity contribution in [1.29, 1.82) is 0 Å². The van der Waals surface area contributed by atoms with Crippen LogP contribution in [0.4, 0.5) is 4.39 Å². The molecule has 0 aliphatic rings. The van der Waals surface area contributed by atoms with Crippen molar-refractivity contribution in [1.82, 2.24) is 15.3 Å². The molecule has 0 fully saturated rings. The fourth-order valence-electron chi connectivity index (χ4n) is 3.77. The van der Waals surface area contributed by atoms with Gasteiger partial charge in [-0.3, -0.25) is 9.78 Å². The lowest BCUT2D eigenvalue weighted by atomic mass is 10.0. The fraction of sp³-hybridized carbons (Fsp3) is 0.167. The zero-order valence-electron chi connectivity index (χ0n) is 16.8. The second-order valence-electron chi connectivity index (χ2n) is 7.36. The molecule has 0 atom stereocenters. The fourth-order valence-corrected chi connectivity index (χ4v) is 3.77. The van der Waals surface area contributed by atoms with Crippen LogP contribution >= 0.6 is 0 Å². The van der Waals surface area contributed by atoms with Crippen molar-refractivity contribution < 1.29 is 14.3 Å². The minimum absolute atomic E-state index is 0.156. The van der Waals surface area contributed by atoms with Gasteiger partial charge in [-0.2, -0.15) is 0 Å². The van der Waals surface area contributed by atoms with Crippen molar-refractivity contribution in [3.8, 4) is 16.9 Å². The van der Waals surface area contributed by atoms with Crippen LogP contribution in [0.3, 0.4) is 0 Å². The van der Waals surface area contributed by atoms with Crippen molar-refractivity contribution >= 4 is 16.8 Å². The SMILES string of the molecule is Cc1[nH]c2c(F)ccc(C)c2c1CCNC(=O)c1cncc(-c2cccc(O)c2)c1. The van der Waals surface area contributed by atoms with Crippen LogP contribution in [0.2, 0.25) is 0 Å². The van der Waals surface area contributed by atoms with Crippen molar-refractivity contribution in [2.45, 2.75) is 20.3 Å². The zero-order valence-corrected chi connectivity index (χ0v) is 16.8. The molecule has 0 spiro atoms. The number of halogens is 1. The van der Waals surface area contributed by atoms with Crippen LogP contribution in [0, 0.1) is 19.7 Å². The number of carbonyl (C=O) groups excluding carboxylic acids is 1. The molecule has 0 aliphatic carbocycles. The molecule has 1 amide bonds. The van der Waals surface area contributed by atoms with Gasteiger partial charge >= 0.3 is 0 Å². The number of aromatic nitrogens is 2. The van der Waals surface area contributed by atoms with E-state index in [0.717, 1.165) is 33.3 Å². The van der Waals surface area contributed by atoms with Crippen LogP contribution in [0.1, 0.15) is 27.2 Å². The number of phenols is 1. The number of aromatic hydroxyl groups is 1. The summed E-state index contributed by atoms with van der Waals surface area (Å²) in [6.07, 6.45) is 3.75. The Balaban J connectivity index is 1.49. The van der Waals surface area contributed by atoms with Crippen LogP contribution in [0.25, 0.3) is 22.0 Å². The average Bonchev–Trinajstić information content (AvgIpc) is 3.08. The predicted molar refractivity (Wildman–Crippen MR) is 115 cm³/mol. The molecule has 2 aromatic carbocycles. The number of phenolic OH excluding ortho intramolecular Hbond substituents is 1. The molecule has 0 saturated heterocycles. The molecular weight excluding hydrogens is 381 g/mol. The standard InChI is InChI=1S/C24H22FN3O2/c1-14-6-7-21(25)23-22(14)20(15(2)28-23)8-9-27-24(30)18-10-17(12-26-13-18)16-4-3-5-19(29)11-16/h3-7,10-13,28-29H,8-9H2,1-2H3,(H,27,30). The maximum atomic E-state index is 14.1. The molecule has 0 saturated carbocycles. The van der Waals surface area contributed by atoms with Gasteiger partial charge in [-0.05, 0) is 61.2 Å². The van der Waals surface area contributed by atoms with E-state index >= 15 is 0 Å². The Bertz CT molecular complexity index is 1250. The van der Waals surface area contributed by atoms with Gasteiger partial charge in [0.25, 0.3) is 5.91 Å². The first kappa shape index (κ1) is 19.6. The molecule has 4 aromatic rings. The Labute approximate surface area is 173 Å². The number of fused-ring (bicyclic) bond motifs is 1. The highest BCUT2D eigenvalue weighted by Gasteiger charge is 2.14. The lowest BCUT2D eigenvalue weighted by Crippen LogP contribution is -2.26. The van der Waals surface area contributed by atoms with Crippen LogP contribution in [0.15, 0.2) is 54.9 Å². The van der Waals surface area contributed by atoms with E-state index in [-0.39, 0.29) is 17.5 Å². The van der Waals surface area contributed by atoms with Gasteiger partial charge in [-0.1, -0.05) is 18.2 Å². The Kier molecular flexibility index (Phi) is 5.23. The van der Waals surface area contributed by atoms with Crippen molar-refractivity contribution in [2.24, 2.45) is 0 Å². The number of rotatable bonds is 5. The second kappa shape index (κ2) is 7.99. The highest BCUT2D eigenvalue weighted by molar-refractivity contribution is 5.95. The molecule has 0 bridgehead atoms. The summed E-state index contributed by atoms with van der Waals surface area (Å²) >= 11 is 0. The van der Waals surface area contributed by atoms with Crippen molar-refractivity contribution in [2.75, 3.05) is 6.54 Å². The van der Waals surface area contributed by atoms with Gasteiger partial charge in [0.1, 0.15) is 11.6 Å². The number of benzene rings is 2. The number of carbonyl (C=O) groups is 1. The molecule has 5 nitrogen and oxygen atoms in total. The highest BCUT2D eigenvalue weighted by Crippen LogP contribution is 2.28. The third-order valence-electron chi connectivity index (χ3n) is 5.27. The molecule has 0 aliphatic heterocycles. The average molecular weight is 403 g/mol. The van der Waals surface area contributed by atoms with Crippen molar-refractivity contribution in [3.05, 3.63) is 83.1 Å². The summed E-state index contributed by atoms with van der Waals surface area (Å²) in [7, 11) is 0. The van der Waals surface area contributed by atoms with Gasteiger partial charge < -0.3 is 15.4 Å². The first-order valence-electron chi connectivity index (χ1n) is 9.73. The smallest absolute Gasteiger partial charge is 0.252 e. The lowest BCUT2D eigenvalue weighted by Gasteiger charge is -2.08. The third kappa shape index (κ3) is 3.76. The molecule has 2 heterocycles. The van der Waals surface area contributed by atoms with Crippen LogP contribution in [0.5, 0.6) is 5.75 Å². The normalized spacial score (nSPS) is 11.0. The van der Waals surface area contributed by atoms with E-state index in [1.807, 2.05) is 19.9 Å². The van der Waals surface area contributed by atoms with E-state index in [1.54, 1.807) is 36.5 Å². The van der Waals surface area contributed by atoms with Gasteiger partial charge in [-0.25, -0.2) is 4.39 Å². The predicted octanol–water partition coefficient (Wildman–Crippen LogP) is 4.66. The van der Waals surface area contributed by atoms with Gasteiger partial charge in [0.2, 0.25) is 0 Å². The number of pyridine rings is 1. The van der Waals surface area contributed by atoms with E-state index in [4.69, 9.17) is 0 Å². The first-order chi connectivity index (χ1) is 14.4. The Morgan fingerprint density at radius 1 is 1.13 bits per heavy atom. The number of hydrogen-bond donors (Lipinski definition) is 3. The summed E-state index contributed by atoms with van der Waals surface area (Å²) < 4.78 is 14.1. The Morgan fingerprint density at radius 2 is 1.97 bits per heavy atom. The second-order valence-corrected chi connectivity index (χ2v) is 7.36. The molecule has 152 valence electrons. The third-order valence-corrected chi connectivity index (χ3v) is 5.27. The molecule has 0 unspecified atom stereocenters. The number of aromatic amines is 1. The molecule has 2 aromatic heterocycles. The quantitative estimate of drug-likeness (QED) is 0.453. The van der Waals surface area contributed by atoms with Crippen LogP contribution in [-0.4, -0.2) is 27.5 Å².